The zero-order chi connectivity index (χ0) is 9.84. The van der Waals surface area contributed by atoms with Gasteiger partial charge in [-0.1, -0.05) is 13.8 Å². The van der Waals surface area contributed by atoms with Gasteiger partial charge in [0, 0.05) is 12.7 Å². The highest BCUT2D eigenvalue weighted by Gasteiger charge is 2.04. The van der Waals surface area contributed by atoms with Gasteiger partial charge >= 0.3 is 5.97 Å². The molecule has 0 amide bonds. The van der Waals surface area contributed by atoms with Gasteiger partial charge in [-0.15, -0.1) is 0 Å². The van der Waals surface area contributed by atoms with Crippen LogP contribution in [0.2, 0.25) is 0 Å². The summed E-state index contributed by atoms with van der Waals surface area (Å²) in [6, 6.07) is 1.75. The number of hydrogen-bond acceptors (Lipinski definition) is 2. The average molecular weight is 182 g/mol. The van der Waals surface area contributed by atoms with Crippen molar-refractivity contribution in [2.24, 2.45) is 5.92 Å². The second-order valence-electron chi connectivity index (χ2n) is 3.49. The van der Waals surface area contributed by atoms with Crippen LogP contribution < -0.4 is 0 Å². The molecule has 0 spiro atoms. The van der Waals surface area contributed by atoms with Gasteiger partial charge in [0.25, 0.3) is 0 Å². The van der Waals surface area contributed by atoms with Gasteiger partial charge in [-0.3, -0.25) is 9.48 Å². The van der Waals surface area contributed by atoms with Crippen LogP contribution in [0.15, 0.2) is 12.3 Å². The first-order valence-corrected chi connectivity index (χ1v) is 4.32. The molecule has 0 aliphatic heterocycles. The lowest BCUT2D eigenvalue weighted by atomic mass is 10.2. The Labute approximate surface area is 77.2 Å². The van der Waals surface area contributed by atoms with Crippen molar-refractivity contribution in [2.75, 3.05) is 0 Å². The molecular formula is C9H14N2O2. The monoisotopic (exact) mass is 182 g/mol. The van der Waals surface area contributed by atoms with E-state index in [0.29, 0.717) is 11.6 Å². The van der Waals surface area contributed by atoms with Gasteiger partial charge in [-0.2, -0.15) is 5.10 Å². The lowest BCUT2D eigenvalue weighted by Gasteiger charge is -2.03. The van der Waals surface area contributed by atoms with Crippen molar-refractivity contribution in [1.29, 1.82) is 0 Å². The van der Waals surface area contributed by atoms with Crippen molar-refractivity contribution >= 4 is 5.97 Å². The molecule has 72 valence electrons. The molecule has 1 aromatic rings. The van der Waals surface area contributed by atoms with Crippen molar-refractivity contribution in [3.8, 4) is 0 Å². The van der Waals surface area contributed by atoms with Gasteiger partial charge in [-0.05, 0) is 12.0 Å². The third kappa shape index (κ3) is 3.27. The molecule has 0 atom stereocenters. The molecule has 4 nitrogen and oxygen atoms in total. The summed E-state index contributed by atoms with van der Waals surface area (Å²) in [6.45, 7) is 5.02. The van der Waals surface area contributed by atoms with Gasteiger partial charge < -0.3 is 5.11 Å². The summed E-state index contributed by atoms with van der Waals surface area (Å²) in [5.74, 6) is -0.313. The Bertz CT molecular complexity index is 292. The number of carboxylic acid groups (broad SMARTS) is 1. The van der Waals surface area contributed by atoms with E-state index in [1.807, 2.05) is 6.20 Å². The Morgan fingerprint density at radius 2 is 2.38 bits per heavy atom. The Balaban J connectivity index is 2.58. The number of aliphatic carboxylic acids is 1. The third-order valence-electron chi connectivity index (χ3n) is 1.58. The molecule has 0 aliphatic carbocycles. The second-order valence-corrected chi connectivity index (χ2v) is 3.49. The molecule has 0 saturated heterocycles. The average Bonchev–Trinajstić information content (AvgIpc) is 2.33. The fourth-order valence-corrected chi connectivity index (χ4v) is 1.13. The minimum absolute atomic E-state index is 0.00505. The molecule has 0 bridgehead atoms. The molecule has 1 N–H and O–H groups in total. The van der Waals surface area contributed by atoms with Crippen LogP contribution in [0, 0.1) is 5.92 Å². The number of carbonyl (C=O) groups is 1. The van der Waals surface area contributed by atoms with Gasteiger partial charge in [0.05, 0.1) is 12.1 Å². The lowest BCUT2D eigenvalue weighted by Crippen LogP contribution is -2.06. The van der Waals surface area contributed by atoms with Crippen LogP contribution in [-0.4, -0.2) is 20.9 Å². The van der Waals surface area contributed by atoms with Crippen LogP contribution in [-0.2, 0) is 17.8 Å². The summed E-state index contributed by atoms with van der Waals surface area (Å²) in [5, 5.41) is 12.6. The summed E-state index contributed by atoms with van der Waals surface area (Å²) >= 11 is 0. The highest BCUT2D eigenvalue weighted by Crippen LogP contribution is 2.01. The summed E-state index contributed by atoms with van der Waals surface area (Å²) in [4.78, 5) is 10.4. The van der Waals surface area contributed by atoms with Crippen molar-refractivity contribution in [3.05, 3.63) is 18.0 Å². The summed E-state index contributed by atoms with van der Waals surface area (Å²) < 4.78 is 1.78. The first-order valence-electron chi connectivity index (χ1n) is 4.32. The molecule has 0 saturated carbocycles. The van der Waals surface area contributed by atoms with E-state index in [2.05, 4.69) is 18.9 Å². The zero-order valence-corrected chi connectivity index (χ0v) is 7.90. The molecule has 0 radical (unpaired) electrons. The van der Waals surface area contributed by atoms with E-state index in [4.69, 9.17) is 5.11 Å². The van der Waals surface area contributed by atoms with Crippen molar-refractivity contribution in [3.63, 3.8) is 0 Å². The summed E-state index contributed by atoms with van der Waals surface area (Å²) in [6.07, 6.45) is 1.82. The zero-order valence-electron chi connectivity index (χ0n) is 7.90. The first kappa shape index (κ1) is 9.77. The maximum Gasteiger partial charge on any atom is 0.309 e. The smallest absolute Gasteiger partial charge is 0.309 e. The van der Waals surface area contributed by atoms with Crippen LogP contribution in [0.25, 0.3) is 0 Å². The highest BCUT2D eigenvalue weighted by molar-refractivity contribution is 5.69. The lowest BCUT2D eigenvalue weighted by molar-refractivity contribution is -0.136. The van der Waals surface area contributed by atoms with Crippen LogP contribution in [0.4, 0.5) is 0 Å². The topological polar surface area (TPSA) is 55.1 Å². The number of carboxylic acids is 1. The normalized spacial score (nSPS) is 10.7. The fourth-order valence-electron chi connectivity index (χ4n) is 1.13. The number of hydrogen-bond donors (Lipinski definition) is 1. The molecule has 0 aliphatic rings. The fraction of sp³-hybridized carbons (Fsp3) is 0.556. The van der Waals surface area contributed by atoms with E-state index in [9.17, 15) is 4.79 Å². The van der Waals surface area contributed by atoms with E-state index in [-0.39, 0.29) is 6.42 Å². The van der Waals surface area contributed by atoms with Crippen LogP contribution in [0.1, 0.15) is 19.5 Å². The minimum atomic E-state index is -0.838. The maximum absolute atomic E-state index is 10.4. The molecule has 0 fully saturated rings. The molecule has 13 heavy (non-hydrogen) atoms. The summed E-state index contributed by atoms with van der Waals surface area (Å²) in [5.41, 5.74) is 0.619. The van der Waals surface area contributed by atoms with Crippen LogP contribution in [0.3, 0.4) is 0 Å². The van der Waals surface area contributed by atoms with Gasteiger partial charge in [0.15, 0.2) is 0 Å². The second kappa shape index (κ2) is 4.07. The Hall–Kier alpha value is -1.32. The largest absolute Gasteiger partial charge is 0.481 e. The molecule has 1 rings (SSSR count). The minimum Gasteiger partial charge on any atom is -0.481 e. The SMILES string of the molecule is CC(C)Cn1ccc(CC(=O)O)n1. The summed E-state index contributed by atoms with van der Waals surface area (Å²) in [7, 11) is 0. The Morgan fingerprint density at radius 3 is 2.92 bits per heavy atom. The van der Waals surface area contributed by atoms with E-state index in [1.165, 1.54) is 0 Å². The Kier molecular flexibility index (Phi) is 3.06. The van der Waals surface area contributed by atoms with Crippen LogP contribution >= 0.6 is 0 Å². The number of aromatic nitrogens is 2. The van der Waals surface area contributed by atoms with Crippen molar-refractivity contribution in [2.45, 2.75) is 26.8 Å². The Morgan fingerprint density at radius 1 is 1.69 bits per heavy atom. The third-order valence-corrected chi connectivity index (χ3v) is 1.58. The predicted molar refractivity (Wildman–Crippen MR) is 48.4 cm³/mol. The van der Waals surface area contributed by atoms with Crippen molar-refractivity contribution < 1.29 is 9.90 Å². The van der Waals surface area contributed by atoms with E-state index in [0.717, 1.165) is 6.54 Å². The van der Waals surface area contributed by atoms with E-state index < -0.39 is 5.97 Å². The standard InChI is InChI=1S/C9H14N2O2/c1-7(2)6-11-4-3-8(10-11)5-9(12)13/h3-4,7H,5-6H2,1-2H3,(H,12,13). The highest BCUT2D eigenvalue weighted by atomic mass is 16.4. The van der Waals surface area contributed by atoms with Crippen molar-refractivity contribution in [1.82, 2.24) is 9.78 Å². The maximum atomic E-state index is 10.4. The molecule has 1 heterocycles. The van der Waals surface area contributed by atoms with Gasteiger partial charge in [-0.25, -0.2) is 0 Å². The van der Waals surface area contributed by atoms with Gasteiger partial charge in [0.2, 0.25) is 0 Å². The van der Waals surface area contributed by atoms with E-state index in [1.54, 1.807) is 10.7 Å². The molecule has 4 heteroatoms. The van der Waals surface area contributed by atoms with E-state index >= 15 is 0 Å². The predicted octanol–water partition coefficient (Wildman–Crippen LogP) is 1.17. The number of rotatable bonds is 4. The molecular weight excluding hydrogens is 168 g/mol. The first-order chi connectivity index (χ1) is 6.08. The molecule has 0 aromatic carbocycles. The molecule has 0 unspecified atom stereocenters. The number of nitrogens with zero attached hydrogens (tertiary/aromatic N) is 2. The molecule has 1 aromatic heterocycles. The van der Waals surface area contributed by atoms with Crippen LogP contribution in [0.5, 0.6) is 0 Å². The van der Waals surface area contributed by atoms with Gasteiger partial charge in [0.1, 0.15) is 0 Å². The quantitative estimate of drug-likeness (QED) is 0.760.